The highest BCUT2D eigenvalue weighted by Gasteiger charge is 2.13. The molecule has 134 valence electrons. The fourth-order valence-electron chi connectivity index (χ4n) is 2.99. The Morgan fingerprint density at radius 2 is 2.12 bits per heavy atom. The quantitative estimate of drug-likeness (QED) is 0.835. The third kappa shape index (κ3) is 5.13. The van der Waals surface area contributed by atoms with Gasteiger partial charge in [0.25, 0.3) is 0 Å². The van der Waals surface area contributed by atoms with Gasteiger partial charge in [0.1, 0.15) is 0 Å². The fourth-order valence-corrected chi connectivity index (χ4v) is 2.99. The molecule has 0 unspecified atom stereocenters. The molecule has 1 aliphatic rings. The van der Waals surface area contributed by atoms with Crippen molar-refractivity contribution < 1.29 is 9.32 Å². The molecular weight excluding hydrogens is 316 g/mol. The normalized spacial score (nSPS) is 15.0. The van der Waals surface area contributed by atoms with Crippen LogP contribution in [0.5, 0.6) is 0 Å². The van der Waals surface area contributed by atoms with Crippen molar-refractivity contribution in [3.05, 3.63) is 41.5 Å². The van der Waals surface area contributed by atoms with Crippen molar-refractivity contribution in [2.75, 3.05) is 18.4 Å². The molecule has 1 amide bonds. The van der Waals surface area contributed by atoms with Crippen molar-refractivity contribution in [3.8, 4) is 0 Å². The first-order valence-electron chi connectivity index (χ1n) is 9.04. The van der Waals surface area contributed by atoms with Gasteiger partial charge in [-0.15, -0.1) is 0 Å². The zero-order valence-corrected chi connectivity index (χ0v) is 15.0. The van der Waals surface area contributed by atoms with Crippen LogP contribution in [0.1, 0.15) is 56.3 Å². The average molecular weight is 342 g/mol. The number of benzene rings is 1. The molecule has 0 bridgehead atoms. The molecule has 0 atom stereocenters. The van der Waals surface area contributed by atoms with Gasteiger partial charge in [-0.3, -0.25) is 9.69 Å². The van der Waals surface area contributed by atoms with Gasteiger partial charge >= 0.3 is 0 Å². The van der Waals surface area contributed by atoms with E-state index in [1.54, 1.807) is 0 Å². The van der Waals surface area contributed by atoms with Crippen molar-refractivity contribution >= 4 is 11.6 Å². The summed E-state index contributed by atoms with van der Waals surface area (Å²) in [6, 6.07) is 8.09. The van der Waals surface area contributed by atoms with E-state index in [9.17, 15) is 4.79 Å². The van der Waals surface area contributed by atoms with Crippen LogP contribution in [0.25, 0.3) is 0 Å². The number of nitrogens with zero attached hydrogens (tertiary/aromatic N) is 3. The van der Waals surface area contributed by atoms with Crippen molar-refractivity contribution in [1.29, 1.82) is 0 Å². The van der Waals surface area contributed by atoms with Crippen LogP contribution in [0.15, 0.2) is 28.8 Å². The van der Waals surface area contributed by atoms with Crippen molar-refractivity contribution in [1.82, 2.24) is 15.0 Å². The summed E-state index contributed by atoms with van der Waals surface area (Å²) < 4.78 is 5.17. The highest BCUT2D eigenvalue weighted by Crippen LogP contribution is 2.17. The molecule has 0 saturated carbocycles. The minimum absolute atomic E-state index is 0.0392. The summed E-state index contributed by atoms with van der Waals surface area (Å²) in [6.07, 6.45) is 3.35. The molecule has 1 fully saturated rings. The second-order valence-corrected chi connectivity index (χ2v) is 6.93. The number of carbonyl (C=O) groups is 1. The van der Waals surface area contributed by atoms with E-state index < -0.39 is 0 Å². The number of hydrogen-bond donors (Lipinski definition) is 1. The van der Waals surface area contributed by atoms with Crippen LogP contribution in [0, 0.1) is 0 Å². The zero-order valence-electron chi connectivity index (χ0n) is 15.0. The first kappa shape index (κ1) is 17.6. The topological polar surface area (TPSA) is 71.3 Å². The van der Waals surface area contributed by atoms with E-state index in [4.69, 9.17) is 4.52 Å². The Hall–Kier alpha value is -2.21. The van der Waals surface area contributed by atoms with Gasteiger partial charge in [-0.2, -0.15) is 4.98 Å². The monoisotopic (exact) mass is 342 g/mol. The number of aryl methyl sites for hydroxylation is 1. The van der Waals surface area contributed by atoms with Gasteiger partial charge in [0.05, 0.1) is 0 Å². The third-order valence-electron chi connectivity index (χ3n) is 4.38. The Kier molecular flexibility index (Phi) is 5.81. The first-order valence-corrected chi connectivity index (χ1v) is 9.04. The SMILES string of the molecule is CC(C)c1noc(CCC(=O)Nc2cccc(CN3CCCC3)c2)n1. The van der Waals surface area contributed by atoms with Gasteiger partial charge in [-0.1, -0.05) is 31.1 Å². The summed E-state index contributed by atoms with van der Waals surface area (Å²) >= 11 is 0. The second-order valence-electron chi connectivity index (χ2n) is 6.93. The van der Waals surface area contributed by atoms with Gasteiger partial charge < -0.3 is 9.84 Å². The molecule has 6 nitrogen and oxygen atoms in total. The Bertz CT molecular complexity index is 705. The van der Waals surface area contributed by atoms with Gasteiger partial charge in [0.15, 0.2) is 5.82 Å². The van der Waals surface area contributed by atoms with Crippen LogP contribution in [-0.4, -0.2) is 34.0 Å². The highest BCUT2D eigenvalue weighted by atomic mass is 16.5. The molecule has 3 rings (SSSR count). The minimum atomic E-state index is -0.0392. The fraction of sp³-hybridized carbons (Fsp3) is 0.526. The Labute approximate surface area is 148 Å². The Morgan fingerprint density at radius 1 is 1.32 bits per heavy atom. The molecule has 25 heavy (non-hydrogen) atoms. The number of aromatic nitrogens is 2. The summed E-state index contributed by atoms with van der Waals surface area (Å²) in [5.74, 6) is 1.39. The maximum atomic E-state index is 12.2. The van der Waals surface area contributed by atoms with E-state index >= 15 is 0 Å². The van der Waals surface area contributed by atoms with Crippen molar-refractivity contribution in [2.45, 2.75) is 52.0 Å². The molecule has 1 aliphatic heterocycles. The van der Waals surface area contributed by atoms with E-state index in [0.717, 1.165) is 12.2 Å². The van der Waals surface area contributed by atoms with Gasteiger partial charge in [-0.05, 0) is 43.6 Å². The van der Waals surface area contributed by atoms with Gasteiger partial charge in [0, 0.05) is 31.0 Å². The molecule has 1 aromatic carbocycles. The zero-order chi connectivity index (χ0) is 17.6. The minimum Gasteiger partial charge on any atom is -0.339 e. The van der Waals surface area contributed by atoms with E-state index in [1.165, 1.54) is 31.5 Å². The molecule has 1 aromatic heterocycles. The van der Waals surface area contributed by atoms with Crippen LogP contribution in [0.4, 0.5) is 5.69 Å². The summed E-state index contributed by atoms with van der Waals surface area (Å²) in [7, 11) is 0. The lowest BCUT2D eigenvalue weighted by atomic mass is 10.2. The van der Waals surface area contributed by atoms with Crippen LogP contribution in [-0.2, 0) is 17.8 Å². The number of anilines is 1. The number of likely N-dealkylation sites (tertiary alicyclic amines) is 1. The smallest absolute Gasteiger partial charge is 0.227 e. The molecule has 0 spiro atoms. The third-order valence-corrected chi connectivity index (χ3v) is 4.38. The number of carbonyl (C=O) groups excluding carboxylic acids is 1. The van der Waals surface area contributed by atoms with Gasteiger partial charge in [0.2, 0.25) is 11.8 Å². The highest BCUT2D eigenvalue weighted by molar-refractivity contribution is 5.90. The van der Waals surface area contributed by atoms with Crippen LogP contribution in [0.2, 0.25) is 0 Å². The first-order chi connectivity index (χ1) is 12.1. The molecule has 1 saturated heterocycles. The maximum absolute atomic E-state index is 12.2. The van der Waals surface area contributed by atoms with Crippen molar-refractivity contribution in [3.63, 3.8) is 0 Å². The lowest BCUT2D eigenvalue weighted by Crippen LogP contribution is -2.18. The molecule has 0 radical (unpaired) electrons. The molecular formula is C19H26N4O2. The van der Waals surface area contributed by atoms with Crippen molar-refractivity contribution in [2.24, 2.45) is 0 Å². The Morgan fingerprint density at radius 3 is 2.84 bits per heavy atom. The van der Waals surface area contributed by atoms with Gasteiger partial charge in [-0.25, -0.2) is 0 Å². The predicted molar refractivity (Wildman–Crippen MR) is 96.3 cm³/mol. The maximum Gasteiger partial charge on any atom is 0.227 e. The summed E-state index contributed by atoms with van der Waals surface area (Å²) in [6.45, 7) is 7.30. The summed E-state index contributed by atoms with van der Waals surface area (Å²) in [5.41, 5.74) is 2.08. The predicted octanol–water partition coefficient (Wildman–Crippen LogP) is 3.36. The van der Waals surface area contributed by atoms with Crippen LogP contribution < -0.4 is 5.32 Å². The Balaban J connectivity index is 1.50. The molecule has 1 N–H and O–H groups in total. The van der Waals surface area contributed by atoms with E-state index in [-0.39, 0.29) is 11.8 Å². The number of rotatable bonds is 7. The average Bonchev–Trinajstić information content (AvgIpc) is 3.25. The second kappa shape index (κ2) is 8.25. The molecule has 2 heterocycles. The molecule has 2 aromatic rings. The summed E-state index contributed by atoms with van der Waals surface area (Å²) in [4.78, 5) is 18.9. The number of nitrogens with one attached hydrogen (secondary N) is 1. The number of amides is 1. The van der Waals surface area contributed by atoms with Crippen LogP contribution in [0.3, 0.4) is 0 Å². The van der Waals surface area contributed by atoms with Crippen LogP contribution >= 0.6 is 0 Å². The standard InChI is InChI=1S/C19H26N4O2/c1-14(2)19-21-18(25-22-19)9-8-17(24)20-16-7-5-6-15(12-16)13-23-10-3-4-11-23/h5-7,12,14H,3-4,8-11,13H2,1-2H3,(H,20,24). The van der Waals surface area contributed by atoms with E-state index in [2.05, 4.69) is 32.5 Å². The van der Waals surface area contributed by atoms with E-state index in [1.807, 2.05) is 26.0 Å². The number of hydrogen-bond acceptors (Lipinski definition) is 5. The molecule has 0 aliphatic carbocycles. The van der Waals surface area contributed by atoms with E-state index in [0.29, 0.717) is 24.6 Å². The summed E-state index contributed by atoms with van der Waals surface area (Å²) in [5, 5.41) is 6.88. The lowest BCUT2D eigenvalue weighted by molar-refractivity contribution is -0.116. The lowest BCUT2D eigenvalue weighted by Gasteiger charge is -2.15. The largest absolute Gasteiger partial charge is 0.339 e. The molecule has 6 heteroatoms.